The second-order valence-electron chi connectivity index (χ2n) is 5.71. The van der Waals surface area contributed by atoms with Crippen molar-refractivity contribution in [3.8, 4) is 0 Å². The molecule has 2 aromatic carbocycles. The van der Waals surface area contributed by atoms with Crippen LogP contribution in [-0.4, -0.2) is 23.5 Å². The normalized spacial score (nSPS) is 10.3. The number of esters is 1. The molecule has 138 valence electrons. The summed E-state index contributed by atoms with van der Waals surface area (Å²) in [6, 6.07) is 13.8. The molecule has 27 heavy (non-hydrogen) atoms. The number of aromatic nitrogens is 1. The second-order valence-corrected chi connectivity index (χ2v) is 6.61. The number of carbonyl (C=O) groups excluding carboxylic acids is 2. The molecule has 0 bridgehead atoms. The molecule has 0 spiro atoms. The predicted molar refractivity (Wildman–Crippen MR) is 107 cm³/mol. The third-order valence-corrected chi connectivity index (χ3v) is 4.31. The third-order valence-electron chi connectivity index (χ3n) is 3.62. The van der Waals surface area contributed by atoms with Gasteiger partial charge in [0.2, 0.25) is 0 Å². The van der Waals surface area contributed by atoms with Gasteiger partial charge in [0.05, 0.1) is 12.2 Å². The van der Waals surface area contributed by atoms with E-state index in [-0.39, 0.29) is 11.9 Å². The Bertz CT molecular complexity index is 908. The number of nitrogens with zero attached hydrogens (tertiary/aromatic N) is 1. The Morgan fingerprint density at radius 1 is 1.07 bits per heavy atom. The number of hydrogen-bond acceptors (Lipinski definition) is 6. The van der Waals surface area contributed by atoms with Gasteiger partial charge < -0.3 is 15.4 Å². The Balaban J connectivity index is 1.64. The fourth-order valence-corrected chi connectivity index (χ4v) is 2.87. The lowest BCUT2D eigenvalue weighted by atomic mass is 10.1. The molecule has 0 aliphatic rings. The van der Waals surface area contributed by atoms with Crippen LogP contribution >= 0.6 is 11.3 Å². The summed E-state index contributed by atoms with van der Waals surface area (Å²) < 4.78 is 5.09. The van der Waals surface area contributed by atoms with Crippen LogP contribution in [0.2, 0.25) is 0 Å². The molecule has 1 heterocycles. The van der Waals surface area contributed by atoms with Gasteiger partial charge in [-0.25, -0.2) is 9.78 Å². The van der Waals surface area contributed by atoms with E-state index < -0.39 is 0 Å². The fraction of sp³-hybridized carbons (Fsp3) is 0.150. The number of rotatable bonds is 7. The Morgan fingerprint density at radius 2 is 1.89 bits per heavy atom. The van der Waals surface area contributed by atoms with Gasteiger partial charge in [0.15, 0.2) is 5.13 Å². The van der Waals surface area contributed by atoms with E-state index in [1.165, 1.54) is 11.3 Å². The number of thiazole rings is 1. The highest BCUT2D eigenvalue weighted by Crippen LogP contribution is 2.20. The molecule has 7 heteroatoms. The maximum atomic E-state index is 12.5. The number of benzene rings is 2. The lowest BCUT2D eigenvalue weighted by Crippen LogP contribution is -2.12. The van der Waals surface area contributed by atoms with E-state index in [4.69, 9.17) is 4.74 Å². The van der Waals surface area contributed by atoms with Crippen molar-refractivity contribution in [2.45, 2.75) is 13.3 Å². The molecule has 0 saturated heterocycles. The summed E-state index contributed by atoms with van der Waals surface area (Å²) in [5, 5.41) is 8.62. The van der Waals surface area contributed by atoms with Crippen molar-refractivity contribution < 1.29 is 14.3 Å². The van der Waals surface area contributed by atoms with Crippen molar-refractivity contribution in [2.75, 3.05) is 17.2 Å². The summed E-state index contributed by atoms with van der Waals surface area (Å²) in [4.78, 5) is 28.5. The first kappa shape index (κ1) is 18.6. The van der Waals surface area contributed by atoms with Crippen LogP contribution in [0.15, 0.2) is 60.1 Å². The van der Waals surface area contributed by atoms with E-state index in [0.717, 1.165) is 17.2 Å². The number of carbonyl (C=O) groups is 2. The molecule has 1 amide bonds. The maximum Gasteiger partial charge on any atom is 0.338 e. The zero-order chi connectivity index (χ0) is 19.1. The van der Waals surface area contributed by atoms with Gasteiger partial charge in [-0.05, 0) is 48.9 Å². The summed E-state index contributed by atoms with van der Waals surface area (Å²) in [6.45, 7) is 2.33. The van der Waals surface area contributed by atoms with Crippen LogP contribution < -0.4 is 10.6 Å². The van der Waals surface area contributed by atoms with Gasteiger partial charge in [0.25, 0.3) is 5.91 Å². The van der Waals surface area contributed by atoms with Crippen LogP contribution in [0.5, 0.6) is 0 Å². The molecular weight excluding hydrogens is 362 g/mol. The number of amides is 1. The number of anilines is 3. The molecule has 0 saturated carbocycles. The SMILES string of the molecule is CCCOC(=O)c1ccc(NC(=O)c2cccc(Nc3nccs3)c2)cc1. The van der Waals surface area contributed by atoms with Gasteiger partial charge in [-0.3, -0.25) is 4.79 Å². The molecule has 0 unspecified atom stereocenters. The lowest BCUT2D eigenvalue weighted by molar-refractivity contribution is 0.0505. The zero-order valence-corrected chi connectivity index (χ0v) is 15.6. The molecule has 0 fully saturated rings. The van der Waals surface area contributed by atoms with Gasteiger partial charge in [0.1, 0.15) is 0 Å². The molecular formula is C20H19N3O3S. The summed E-state index contributed by atoms with van der Waals surface area (Å²) in [6.07, 6.45) is 2.49. The van der Waals surface area contributed by atoms with Crippen LogP contribution in [0.3, 0.4) is 0 Å². The topological polar surface area (TPSA) is 80.3 Å². The van der Waals surface area contributed by atoms with Gasteiger partial charge in [-0.15, -0.1) is 11.3 Å². The molecule has 6 nitrogen and oxygen atoms in total. The van der Waals surface area contributed by atoms with Crippen LogP contribution in [0, 0.1) is 0 Å². The van der Waals surface area contributed by atoms with Crippen LogP contribution in [-0.2, 0) is 4.74 Å². The van der Waals surface area contributed by atoms with Crippen molar-refractivity contribution in [2.24, 2.45) is 0 Å². The summed E-state index contributed by atoms with van der Waals surface area (Å²) in [5.74, 6) is -0.602. The van der Waals surface area contributed by atoms with Crippen molar-refractivity contribution in [3.05, 3.63) is 71.2 Å². The molecule has 2 N–H and O–H groups in total. The predicted octanol–water partition coefficient (Wildman–Crippen LogP) is 4.71. The average molecular weight is 381 g/mol. The Morgan fingerprint density at radius 3 is 2.59 bits per heavy atom. The zero-order valence-electron chi connectivity index (χ0n) is 14.8. The molecule has 0 aliphatic heterocycles. The van der Waals surface area contributed by atoms with E-state index in [9.17, 15) is 9.59 Å². The van der Waals surface area contributed by atoms with Crippen molar-refractivity contribution in [1.29, 1.82) is 0 Å². The number of ether oxygens (including phenoxy) is 1. The minimum atomic E-state index is -0.365. The van der Waals surface area contributed by atoms with E-state index in [0.29, 0.717) is 23.4 Å². The first-order chi connectivity index (χ1) is 13.2. The van der Waals surface area contributed by atoms with E-state index in [2.05, 4.69) is 15.6 Å². The summed E-state index contributed by atoms with van der Waals surface area (Å²) in [5.41, 5.74) is 2.36. The van der Waals surface area contributed by atoms with Gasteiger partial charge in [0, 0.05) is 28.5 Å². The highest BCUT2D eigenvalue weighted by atomic mass is 32.1. The highest BCUT2D eigenvalue weighted by Gasteiger charge is 2.10. The summed E-state index contributed by atoms with van der Waals surface area (Å²) >= 11 is 1.48. The third kappa shape index (κ3) is 5.15. The Hall–Kier alpha value is -3.19. The first-order valence-corrected chi connectivity index (χ1v) is 9.39. The highest BCUT2D eigenvalue weighted by molar-refractivity contribution is 7.13. The molecule has 0 aliphatic carbocycles. The Labute approximate surface area is 161 Å². The van der Waals surface area contributed by atoms with Gasteiger partial charge in [-0.1, -0.05) is 13.0 Å². The van der Waals surface area contributed by atoms with Crippen LogP contribution in [0.1, 0.15) is 34.1 Å². The maximum absolute atomic E-state index is 12.5. The lowest BCUT2D eigenvalue weighted by Gasteiger charge is -2.08. The van der Waals surface area contributed by atoms with E-state index in [1.54, 1.807) is 48.7 Å². The van der Waals surface area contributed by atoms with Crippen LogP contribution in [0.4, 0.5) is 16.5 Å². The molecule has 3 rings (SSSR count). The fourth-order valence-electron chi connectivity index (χ4n) is 2.32. The first-order valence-electron chi connectivity index (χ1n) is 8.51. The van der Waals surface area contributed by atoms with E-state index >= 15 is 0 Å². The number of hydrogen-bond donors (Lipinski definition) is 2. The molecule has 1 aromatic heterocycles. The Kier molecular flexibility index (Phi) is 6.17. The molecule has 3 aromatic rings. The number of nitrogens with one attached hydrogen (secondary N) is 2. The standard InChI is InChI=1S/C20H19N3O3S/c1-2-11-26-19(25)14-6-8-16(9-7-14)22-18(24)15-4-3-5-17(13-15)23-20-21-10-12-27-20/h3-10,12-13H,2,11H2,1H3,(H,21,23)(H,22,24). The molecule has 0 radical (unpaired) electrons. The largest absolute Gasteiger partial charge is 0.462 e. The van der Waals surface area contributed by atoms with E-state index in [1.807, 2.05) is 18.4 Å². The van der Waals surface area contributed by atoms with Crippen molar-refractivity contribution in [1.82, 2.24) is 4.98 Å². The molecule has 0 atom stereocenters. The van der Waals surface area contributed by atoms with Crippen molar-refractivity contribution >= 4 is 39.7 Å². The van der Waals surface area contributed by atoms with Gasteiger partial charge >= 0.3 is 5.97 Å². The summed E-state index contributed by atoms with van der Waals surface area (Å²) in [7, 11) is 0. The monoisotopic (exact) mass is 381 g/mol. The van der Waals surface area contributed by atoms with Crippen molar-refractivity contribution in [3.63, 3.8) is 0 Å². The van der Waals surface area contributed by atoms with Gasteiger partial charge in [-0.2, -0.15) is 0 Å². The smallest absolute Gasteiger partial charge is 0.338 e. The minimum absolute atomic E-state index is 0.237. The quantitative estimate of drug-likeness (QED) is 0.580. The van der Waals surface area contributed by atoms with Crippen LogP contribution in [0.25, 0.3) is 0 Å². The second kappa shape index (κ2) is 8.95. The minimum Gasteiger partial charge on any atom is -0.462 e. The average Bonchev–Trinajstić information content (AvgIpc) is 3.20.